The number of hydrogen-bond donors (Lipinski definition) is 1. The average Bonchev–Trinajstić information content (AvgIpc) is 2.67. The van der Waals surface area contributed by atoms with Crippen molar-refractivity contribution in [3.63, 3.8) is 0 Å². The van der Waals surface area contributed by atoms with Crippen LogP contribution in [0.3, 0.4) is 0 Å². The van der Waals surface area contributed by atoms with E-state index in [2.05, 4.69) is 5.32 Å². The number of ether oxygens (including phenoxy) is 1. The molecule has 0 heterocycles. The van der Waals surface area contributed by atoms with Crippen LogP contribution in [0.1, 0.15) is 17.5 Å². The van der Waals surface area contributed by atoms with Gasteiger partial charge in [0.2, 0.25) is 15.9 Å². The van der Waals surface area contributed by atoms with Gasteiger partial charge in [-0.2, -0.15) is 4.31 Å². The molecule has 0 radical (unpaired) electrons. The van der Waals surface area contributed by atoms with Crippen LogP contribution in [0.25, 0.3) is 6.08 Å². The number of sulfonamides is 1. The van der Waals surface area contributed by atoms with Crippen molar-refractivity contribution in [1.82, 2.24) is 4.31 Å². The maximum absolute atomic E-state index is 12.8. The largest absolute Gasteiger partial charge is 0.497 e. The van der Waals surface area contributed by atoms with Gasteiger partial charge in [-0.05, 0) is 42.2 Å². The first-order chi connectivity index (χ1) is 12.9. The molecule has 2 aromatic rings. The zero-order chi connectivity index (χ0) is 19.4. The predicted octanol–water partition coefficient (Wildman–Crippen LogP) is 2.88. The fraction of sp³-hybridized carbons (Fsp3) is 0.250. The number of methoxy groups -OCH3 is 1. The Hall–Kier alpha value is -2.64. The van der Waals surface area contributed by atoms with E-state index in [0.29, 0.717) is 29.2 Å². The Morgan fingerprint density at radius 3 is 2.70 bits per heavy atom. The molecular weight excluding hydrogens is 364 g/mol. The number of rotatable bonds is 6. The number of hydrogen-bond acceptors (Lipinski definition) is 4. The molecule has 142 valence electrons. The molecule has 0 saturated carbocycles. The van der Waals surface area contributed by atoms with Gasteiger partial charge in [0.05, 0.1) is 18.6 Å². The Balaban J connectivity index is 1.70. The Morgan fingerprint density at radius 2 is 1.93 bits per heavy atom. The lowest BCUT2D eigenvalue weighted by atomic mass is 9.98. The number of fused-ring (bicyclic) bond motifs is 1. The second-order valence-corrected chi connectivity index (χ2v) is 8.45. The maximum atomic E-state index is 12.8. The van der Waals surface area contributed by atoms with Crippen LogP contribution in [0, 0.1) is 0 Å². The van der Waals surface area contributed by atoms with Gasteiger partial charge in [0, 0.05) is 18.8 Å². The summed E-state index contributed by atoms with van der Waals surface area (Å²) in [5, 5.41) is 2.69. The van der Waals surface area contributed by atoms with Crippen LogP contribution in [0.5, 0.6) is 5.75 Å². The Morgan fingerprint density at radius 1 is 1.15 bits per heavy atom. The van der Waals surface area contributed by atoms with Gasteiger partial charge in [0.15, 0.2) is 0 Å². The molecule has 6 nitrogen and oxygen atoms in total. The number of aryl methyl sites for hydroxylation is 1. The fourth-order valence-corrected chi connectivity index (χ4v) is 4.32. The van der Waals surface area contributed by atoms with E-state index in [4.69, 9.17) is 4.74 Å². The number of amides is 1. The Kier molecular flexibility index (Phi) is 5.62. The van der Waals surface area contributed by atoms with Crippen LogP contribution in [0.2, 0.25) is 0 Å². The number of allylic oxidation sites excluding steroid dienone is 1. The molecule has 0 atom stereocenters. The molecule has 1 amide bonds. The normalized spacial score (nSPS) is 13.7. The van der Waals surface area contributed by atoms with E-state index in [1.807, 2.05) is 24.3 Å². The van der Waals surface area contributed by atoms with E-state index in [0.717, 1.165) is 15.4 Å². The van der Waals surface area contributed by atoms with Gasteiger partial charge in [0.1, 0.15) is 5.75 Å². The minimum Gasteiger partial charge on any atom is -0.497 e. The third kappa shape index (κ3) is 4.37. The maximum Gasteiger partial charge on any atom is 0.239 e. The zero-order valence-electron chi connectivity index (χ0n) is 15.3. The van der Waals surface area contributed by atoms with Crippen LogP contribution >= 0.6 is 0 Å². The third-order valence-electron chi connectivity index (χ3n) is 4.47. The zero-order valence-corrected chi connectivity index (χ0v) is 16.1. The molecule has 2 aromatic carbocycles. The number of carbonyl (C=O) groups excluding carboxylic acids is 1. The number of likely N-dealkylation sites (N-methyl/N-ethyl adjacent to an activating group) is 1. The number of carbonyl (C=O) groups is 1. The lowest BCUT2D eigenvalue weighted by molar-refractivity contribution is -0.116. The first-order valence-electron chi connectivity index (χ1n) is 8.59. The quantitative estimate of drug-likeness (QED) is 0.828. The molecule has 0 saturated heterocycles. The second kappa shape index (κ2) is 7.94. The lowest BCUT2D eigenvalue weighted by Crippen LogP contribution is -2.36. The van der Waals surface area contributed by atoms with E-state index in [1.165, 1.54) is 14.2 Å². The fourth-order valence-electron chi connectivity index (χ4n) is 3.00. The molecule has 7 heteroatoms. The molecule has 0 aromatic heterocycles. The summed E-state index contributed by atoms with van der Waals surface area (Å²) in [6.07, 6.45) is 2.80. The Labute approximate surface area is 159 Å². The summed E-state index contributed by atoms with van der Waals surface area (Å²) in [7, 11) is -0.738. The van der Waals surface area contributed by atoms with Crippen molar-refractivity contribution in [3.05, 3.63) is 64.6 Å². The molecule has 0 bridgehead atoms. The topological polar surface area (TPSA) is 75.7 Å². The van der Waals surface area contributed by atoms with Gasteiger partial charge in [0.25, 0.3) is 0 Å². The molecule has 0 aliphatic heterocycles. The van der Waals surface area contributed by atoms with Crippen molar-refractivity contribution in [2.24, 2.45) is 0 Å². The highest BCUT2D eigenvalue weighted by Crippen LogP contribution is 2.28. The van der Waals surface area contributed by atoms with Crippen molar-refractivity contribution < 1.29 is 17.9 Å². The first kappa shape index (κ1) is 19.1. The summed E-state index contributed by atoms with van der Waals surface area (Å²) in [6, 6.07) is 14.6. The lowest BCUT2D eigenvalue weighted by Gasteiger charge is -2.22. The molecule has 3 rings (SSSR count). The molecule has 0 fully saturated rings. The number of nitrogens with one attached hydrogen (secondary N) is 1. The molecule has 1 aliphatic carbocycles. The first-order valence-corrected chi connectivity index (χ1v) is 10.0. The van der Waals surface area contributed by atoms with Crippen molar-refractivity contribution in [2.45, 2.75) is 12.8 Å². The highest BCUT2D eigenvalue weighted by Gasteiger charge is 2.27. The van der Waals surface area contributed by atoms with Crippen molar-refractivity contribution in [3.8, 4) is 5.75 Å². The average molecular weight is 386 g/mol. The Bertz CT molecular complexity index is 983. The van der Waals surface area contributed by atoms with E-state index < -0.39 is 15.9 Å². The second-order valence-electron chi connectivity index (χ2n) is 6.35. The summed E-state index contributed by atoms with van der Waals surface area (Å²) in [5.41, 5.74) is 2.60. The van der Waals surface area contributed by atoms with E-state index in [1.54, 1.807) is 30.3 Å². The van der Waals surface area contributed by atoms with Gasteiger partial charge < -0.3 is 10.1 Å². The highest BCUT2D eigenvalue weighted by molar-refractivity contribution is 7.93. The van der Waals surface area contributed by atoms with E-state index >= 15 is 0 Å². The van der Waals surface area contributed by atoms with Crippen LogP contribution in [-0.4, -0.2) is 39.3 Å². The molecule has 0 unspecified atom stereocenters. The van der Waals surface area contributed by atoms with Crippen molar-refractivity contribution in [2.75, 3.05) is 26.0 Å². The minimum absolute atomic E-state index is 0.265. The van der Waals surface area contributed by atoms with Gasteiger partial charge >= 0.3 is 0 Å². The monoisotopic (exact) mass is 386 g/mol. The van der Waals surface area contributed by atoms with Crippen LogP contribution in [-0.2, 0) is 21.2 Å². The molecule has 1 N–H and O–H groups in total. The smallest absolute Gasteiger partial charge is 0.239 e. The number of anilines is 1. The number of benzene rings is 2. The van der Waals surface area contributed by atoms with Crippen LogP contribution in [0.4, 0.5) is 5.69 Å². The summed E-state index contributed by atoms with van der Waals surface area (Å²) in [4.78, 5) is 12.6. The molecule has 1 aliphatic rings. The summed E-state index contributed by atoms with van der Waals surface area (Å²) < 4.78 is 31.9. The van der Waals surface area contributed by atoms with E-state index in [9.17, 15) is 13.2 Å². The summed E-state index contributed by atoms with van der Waals surface area (Å²) >= 11 is 0. The van der Waals surface area contributed by atoms with Gasteiger partial charge in [-0.1, -0.05) is 30.3 Å². The highest BCUT2D eigenvalue weighted by atomic mass is 32.2. The van der Waals surface area contributed by atoms with Crippen LogP contribution in [0.15, 0.2) is 53.4 Å². The van der Waals surface area contributed by atoms with E-state index in [-0.39, 0.29) is 6.54 Å². The summed E-state index contributed by atoms with van der Waals surface area (Å²) in [6.45, 7) is -0.265. The molecular formula is C20H22N2O4S. The summed E-state index contributed by atoms with van der Waals surface area (Å²) in [5.74, 6) is 0.200. The van der Waals surface area contributed by atoms with Crippen LogP contribution < -0.4 is 10.1 Å². The van der Waals surface area contributed by atoms with Crippen molar-refractivity contribution in [1.29, 1.82) is 0 Å². The SMILES string of the molecule is COc1cccc(NC(=O)CN(C)S(=O)(=O)C2=Cc3ccccc3CC2)c1. The minimum atomic E-state index is -3.70. The van der Waals surface area contributed by atoms with Gasteiger partial charge in [-0.3, -0.25) is 4.79 Å². The molecule has 0 spiro atoms. The third-order valence-corrected chi connectivity index (χ3v) is 6.41. The van der Waals surface area contributed by atoms with Gasteiger partial charge in [-0.15, -0.1) is 0 Å². The van der Waals surface area contributed by atoms with Crippen molar-refractivity contribution >= 4 is 27.7 Å². The molecule has 27 heavy (non-hydrogen) atoms. The van der Waals surface area contributed by atoms with Gasteiger partial charge in [-0.25, -0.2) is 8.42 Å². The predicted molar refractivity (Wildman–Crippen MR) is 106 cm³/mol. The number of nitrogens with zero attached hydrogens (tertiary/aromatic N) is 1. The standard InChI is InChI=1S/C20H22N2O4S/c1-22(14-20(23)21-17-8-5-9-18(13-17)26-2)27(24,25)19-11-10-15-6-3-4-7-16(15)12-19/h3-9,12-13H,10-11,14H2,1-2H3,(H,21,23).